The molecule has 0 aliphatic heterocycles. The van der Waals surface area contributed by atoms with Gasteiger partial charge in [0.2, 0.25) is 0 Å². The average Bonchev–Trinajstić information content (AvgIpc) is 3.86. The van der Waals surface area contributed by atoms with Gasteiger partial charge in [0.1, 0.15) is 11.2 Å². The van der Waals surface area contributed by atoms with Crippen LogP contribution in [0.5, 0.6) is 0 Å². The molecule has 0 bridgehead atoms. The molecule has 0 aliphatic rings. The molecule has 0 N–H and O–H groups in total. The van der Waals surface area contributed by atoms with Gasteiger partial charge in [-0.3, -0.25) is 0 Å². The van der Waals surface area contributed by atoms with Crippen molar-refractivity contribution in [1.29, 1.82) is 0 Å². The maximum absolute atomic E-state index is 6.60. The largest absolute Gasteiger partial charge is 0.456 e. The van der Waals surface area contributed by atoms with Crippen molar-refractivity contribution in [1.82, 2.24) is 24.9 Å². The molecule has 0 fully saturated rings. The van der Waals surface area contributed by atoms with Crippen molar-refractivity contribution in [2.75, 3.05) is 0 Å². The first-order valence-corrected chi connectivity index (χ1v) is 19.2. The lowest BCUT2D eigenvalue weighted by molar-refractivity contribution is 0.669. The zero-order valence-corrected chi connectivity index (χ0v) is 30.6. The molecule has 4 aromatic heterocycles. The smallest absolute Gasteiger partial charge is 0.164 e. The molecule has 0 aliphatic carbocycles. The number of thiophene rings is 1. The second-order valence-electron chi connectivity index (χ2n) is 13.6. The summed E-state index contributed by atoms with van der Waals surface area (Å²) in [5, 5.41) is 2.91. The van der Waals surface area contributed by atoms with E-state index in [4.69, 9.17) is 29.3 Å². The fourth-order valence-electron chi connectivity index (χ4n) is 7.55. The molecule has 56 heavy (non-hydrogen) atoms. The first-order chi connectivity index (χ1) is 27.7. The Balaban J connectivity index is 1.17. The predicted molar refractivity (Wildman–Crippen MR) is 228 cm³/mol. The maximum Gasteiger partial charge on any atom is 0.164 e. The summed E-state index contributed by atoms with van der Waals surface area (Å²) in [7, 11) is 0. The van der Waals surface area contributed by atoms with Crippen LogP contribution >= 0.6 is 11.3 Å². The van der Waals surface area contributed by atoms with Crippen LogP contribution in [0, 0.1) is 0 Å². The number of benzene rings is 7. The number of hydrogen-bond acceptors (Lipinski definition) is 7. The minimum atomic E-state index is 0.555. The summed E-state index contributed by atoms with van der Waals surface area (Å²) in [6.45, 7) is 0. The van der Waals surface area contributed by atoms with Gasteiger partial charge in [0.25, 0.3) is 0 Å². The van der Waals surface area contributed by atoms with E-state index in [0.29, 0.717) is 23.3 Å². The van der Waals surface area contributed by atoms with Crippen LogP contribution in [0.25, 0.3) is 110 Å². The van der Waals surface area contributed by atoms with E-state index >= 15 is 0 Å². The molecule has 262 valence electrons. The summed E-state index contributed by atoms with van der Waals surface area (Å²) >= 11 is 1.73. The molecule has 0 radical (unpaired) electrons. The van der Waals surface area contributed by atoms with Crippen molar-refractivity contribution in [3.8, 4) is 67.9 Å². The SMILES string of the molecule is c1ccc(-c2cccc(-c3nc(-c4cccc5oc6cccc(-c7nc(-c8ccccc8)nc(-c8ccccc8)n7)c6c45)nc4c3sc3ccccc34)c2)cc1. The van der Waals surface area contributed by atoms with Crippen LogP contribution in [0.3, 0.4) is 0 Å². The van der Waals surface area contributed by atoms with E-state index in [2.05, 4.69) is 84.9 Å². The van der Waals surface area contributed by atoms with E-state index in [-0.39, 0.29) is 0 Å². The first-order valence-electron chi connectivity index (χ1n) is 18.4. The topological polar surface area (TPSA) is 77.6 Å². The summed E-state index contributed by atoms with van der Waals surface area (Å²) in [6, 6.07) is 59.8. The normalized spacial score (nSPS) is 11.6. The quantitative estimate of drug-likeness (QED) is 0.169. The summed E-state index contributed by atoms with van der Waals surface area (Å²) in [4.78, 5) is 25.9. The Morgan fingerprint density at radius 2 is 0.875 bits per heavy atom. The van der Waals surface area contributed by atoms with Crippen molar-refractivity contribution in [2.24, 2.45) is 0 Å². The Bertz CT molecular complexity index is 3190. The van der Waals surface area contributed by atoms with Crippen LogP contribution in [-0.4, -0.2) is 24.9 Å². The number of rotatable bonds is 6. The Hall–Kier alpha value is -7.35. The molecule has 7 aromatic carbocycles. The second-order valence-corrected chi connectivity index (χ2v) is 14.7. The maximum atomic E-state index is 6.60. The fourth-order valence-corrected chi connectivity index (χ4v) is 8.71. The highest BCUT2D eigenvalue weighted by Gasteiger charge is 2.23. The molecule has 0 atom stereocenters. The lowest BCUT2D eigenvalue weighted by Crippen LogP contribution is -2.00. The van der Waals surface area contributed by atoms with E-state index in [1.165, 1.54) is 4.70 Å². The van der Waals surface area contributed by atoms with Gasteiger partial charge >= 0.3 is 0 Å². The van der Waals surface area contributed by atoms with Gasteiger partial charge in [0.05, 0.1) is 15.9 Å². The van der Waals surface area contributed by atoms with E-state index < -0.39 is 0 Å². The molecule has 11 aromatic rings. The van der Waals surface area contributed by atoms with Crippen LogP contribution in [0.15, 0.2) is 180 Å². The molecule has 7 heteroatoms. The molecular formula is C49H29N5OS. The molecule has 0 amide bonds. The fraction of sp³-hybridized carbons (Fsp3) is 0. The molecule has 6 nitrogen and oxygen atoms in total. The molecule has 4 heterocycles. The van der Waals surface area contributed by atoms with Gasteiger partial charge in [0.15, 0.2) is 23.3 Å². The molecule has 11 rings (SSSR count). The lowest BCUT2D eigenvalue weighted by atomic mass is 10.00. The van der Waals surface area contributed by atoms with Gasteiger partial charge in [-0.15, -0.1) is 11.3 Å². The van der Waals surface area contributed by atoms with Crippen LogP contribution in [0.4, 0.5) is 0 Å². The average molecular weight is 736 g/mol. The van der Waals surface area contributed by atoms with Gasteiger partial charge in [-0.2, -0.15) is 0 Å². The number of fused-ring (bicyclic) bond motifs is 6. The number of nitrogens with zero attached hydrogens (tertiary/aromatic N) is 5. The zero-order valence-electron chi connectivity index (χ0n) is 29.8. The zero-order chi connectivity index (χ0) is 37.0. The minimum Gasteiger partial charge on any atom is -0.456 e. The van der Waals surface area contributed by atoms with Crippen LogP contribution in [0.2, 0.25) is 0 Å². The molecule has 0 saturated heterocycles. The Labute approximate surface area is 325 Å². The standard InChI is InChI=1S/C49H29N5OS/c1-4-15-30(16-5-1)33-21-12-22-34(29-33)43-45-44(35-23-10-11-28-40(35)56-45)51-48(50-43)36-24-13-26-38-41(36)42-37(25-14-27-39(42)55-38)49-53-46(31-17-6-2-7-18-31)52-47(54-49)32-19-8-3-9-20-32/h1-29H. The number of aromatic nitrogens is 5. The van der Waals surface area contributed by atoms with E-state index in [0.717, 1.165) is 82.2 Å². The van der Waals surface area contributed by atoms with Crippen molar-refractivity contribution >= 4 is 53.6 Å². The van der Waals surface area contributed by atoms with Crippen LogP contribution in [-0.2, 0) is 0 Å². The van der Waals surface area contributed by atoms with Gasteiger partial charge in [-0.1, -0.05) is 152 Å². The molecule has 0 saturated carbocycles. The number of furan rings is 1. The molecule has 0 unspecified atom stereocenters. The van der Waals surface area contributed by atoms with E-state index in [1.807, 2.05) is 91.0 Å². The van der Waals surface area contributed by atoms with Crippen LogP contribution < -0.4 is 0 Å². The summed E-state index contributed by atoms with van der Waals surface area (Å²) in [5.74, 6) is 2.37. The minimum absolute atomic E-state index is 0.555. The molecule has 0 spiro atoms. The van der Waals surface area contributed by atoms with Crippen LogP contribution in [0.1, 0.15) is 0 Å². The summed E-state index contributed by atoms with van der Waals surface area (Å²) < 4.78 is 8.83. The third-order valence-corrected chi connectivity index (χ3v) is 11.3. The number of hydrogen-bond donors (Lipinski definition) is 0. The van der Waals surface area contributed by atoms with Crippen molar-refractivity contribution in [2.45, 2.75) is 0 Å². The third kappa shape index (κ3) is 5.44. The Morgan fingerprint density at radius 3 is 1.52 bits per heavy atom. The Morgan fingerprint density at radius 1 is 0.375 bits per heavy atom. The van der Waals surface area contributed by atoms with E-state index in [1.54, 1.807) is 11.3 Å². The lowest BCUT2D eigenvalue weighted by Gasteiger charge is -2.11. The van der Waals surface area contributed by atoms with E-state index in [9.17, 15) is 0 Å². The summed E-state index contributed by atoms with van der Waals surface area (Å²) in [5.41, 5.74) is 10.1. The van der Waals surface area contributed by atoms with Gasteiger partial charge in [0, 0.05) is 48.7 Å². The molecular weight excluding hydrogens is 707 g/mol. The highest BCUT2D eigenvalue weighted by Crippen LogP contribution is 2.44. The third-order valence-electron chi connectivity index (χ3n) is 10.2. The first kappa shape index (κ1) is 32.1. The van der Waals surface area contributed by atoms with Crippen molar-refractivity contribution in [3.05, 3.63) is 176 Å². The van der Waals surface area contributed by atoms with Crippen molar-refractivity contribution in [3.63, 3.8) is 0 Å². The monoisotopic (exact) mass is 735 g/mol. The van der Waals surface area contributed by atoms with Crippen molar-refractivity contribution < 1.29 is 4.42 Å². The highest BCUT2D eigenvalue weighted by atomic mass is 32.1. The van der Waals surface area contributed by atoms with Gasteiger partial charge in [-0.05, 0) is 35.4 Å². The highest BCUT2D eigenvalue weighted by molar-refractivity contribution is 7.26. The predicted octanol–water partition coefficient (Wildman–Crippen LogP) is 12.9. The van der Waals surface area contributed by atoms with Gasteiger partial charge in [-0.25, -0.2) is 24.9 Å². The second kappa shape index (κ2) is 13.2. The Kier molecular flexibility index (Phi) is 7.57. The van der Waals surface area contributed by atoms with Gasteiger partial charge < -0.3 is 4.42 Å². The summed E-state index contributed by atoms with van der Waals surface area (Å²) in [6.07, 6.45) is 0.